The number of methoxy groups -OCH3 is 1. The molecule has 1 heterocycles. The molecule has 2 rings (SSSR count). The quantitative estimate of drug-likeness (QED) is 0.575. The molecule has 124 valence electrons. The first-order valence-electron chi connectivity index (χ1n) is 7.92. The van der Waals surface area contributed by atoms with Gasteiger partial charge in [-0.05, 0) is 31.0 Å². The molecule has 0 fully saturated rings. The summed E-state index contributed by atoms with van der Waals surface area (Å²) in [6.45, 7) is 5.33. The lowest BCUT2D eigenvalue weighted by molar-refractivity contribution is 0.414. The van der Waals surface area contributed by atoms with E-state index in [9.17, 15) is 0 Å². The van der Waals surface area contributed by atoms with Crippen molar-refractivity contribution in [3.8, 4) is 5.75 Å². The zero-order valence-corrected chi connectivity index (χ0v) is 13.8. The van der Waals surface area contributed by atoms with Gasteiger partial charge in [0.1, 0.15) is 5.75 Å². The van der Waals surface area contributed by atoms with Crippen LogP contribution < -0.4 is 15.4 Å². The number of hydrogen-bond acceptors (Lipinski definition) is 3. The number of nitrogens with one attached hydrogen (secondary N) is 2. The first-order valence-corrected chi connectivity index (χ1v) is 7.92. The number of ether oxygens (including phenoxy) is 1. The van der Waals surface area contributed by atoms with Crippen LogP contribution in [0.1, 0.15) is 12.5 Å². The Bertz CT molecular complexity index is 578. The molecule has 0 saturated carbocycles. The Kier molecular flexibility index (Phi) is 6.97. The molecule has 6 heteroatoms. The van der Waals surface area contributed by atoms with Crippen molar-refractivity contribution in [1.29, 1.82) is 0 Å². The average molecular weight is 315 g/mol. The third-order valence-electron chi connectivity index (χ3n) is 3.40. The molecule has 0 atom stereocenters. The summed E-state index contributed by atoms with van der Waals surface area (Å²) in [4.78, 5) is 8.64. The Balaban J connectivity index is 1.77. The van der Waals surface area contributed by atoms with Crippen LogP contribution in [0.25, 0.3) is 0 Å². The van der Waals surface area contributed by atoms with Gasteiger partial charge in [-0.25, -0.2) is 4.98 Å². The van der Waals surface area contributed by atoms with Crippen molar-refractivity contribution in [2.45, 2.75) is 19.9 Å². The van der Waals surface area contributed by atoms with Crippen LogP contribution in [0.5, 0.6) is 5.75 Å². The maximum Gasteiger partial charge on any atom is 0.191 e. The van der Waals surface area contributed by atoms with E-state index in [0.29, 0.717) is 0 Å². The topological polar surface area (TPSA) is 63.5 Å². The van der Waals surface area contributed by atoms with Gasteiger partial charge in [0, 0.05) is 38.6 Å². The van der Waals surface area contributed by atoms with E-state index in [1.165, 1.54) is 5.56 Å². The molecule has 2 N–H and O–H groups in total. The normalized spacial score (nSPS) is 11.3. The first-order chi connectivity index (χ1) is 11.3. The van der Waals surface area contributed by atoms with Crippen LogP contribution in [-0.4, -0.2) is 42.3 Å². The van der Waals surface area contributed by atoms with Gasteiger partial charge < -0.3 is 19.9 Å². The zero-order valence-electron chi connectivity index (χ0n) is 13.8. The summed E-state index contributed by atoms with van der Waals surface area (Å²) in [7, 11) is 1.68. The summed E-state index contributed by atoms with van der Waals surface area (Å²) in [5, 5.41) is 6.59. The van der Waals surface area contributed by atoms with Crippen LogP contribution in [0.3, 0.4) is 0 Å². The van der Waals surface area contributed by atoms with Crippen molar-refractivity contribution < 1.29 is 4.74 Å². The van der Waals surface area contributed by atoms with Crippen LogP contribution in [0.15, 0.2) is 48.0 Å². The van der Waals surface area contributed by atoms with Crippen molar-refractivity contribution in [3.63, 3.8) is 0 Å². The highest BCUT2D eigenvalue weighted by Gasteiger charge is 1.98. The molecule has 0 amide bonds. The summed E-state index contributed by atoms with van der Waals surface area (Å²) in [5.41, 5.74) is 1.25. The van der Waals surface area contributed by atoms with Crippen molar-refractivity contribution in [2.24, 2.45) is 4.99 Å². The second kappa shape index (κ2) is 9.50. The minimum atomic E-state index is 0.743. The molecule has 0 saturated heterocycles. The average Bonchev–Trinajstić information content (AvgIpc) is 3.09. The number of hydrogen-bond donors (Lipinski definition) is 2. The molecular formula is C17H25N5O. The SMILES string of the molecule is CCNC(=NCCc1ccc(OC)cc1)NCCn1ccnc1. The fraction of sp³-hybridized carbons (Fsp3) is 0.412. The van der Waals surface area contributed by atoms with Crippen LogP contribution >= 0.6 is 0 Å². The molecule has 0 aliphatic rings. The largest absolute Gasteiger partial charge is 0.497 e. The van der Waals surface area contributed by atoms with Crippen molar-refractivity contribution in [2.75, 3.05) is 26.7 Å². The minimum Gasteiger partial charge on any atom is -0.497 e. The second-order valence-corrected chi connectivity index (χ2v) is 5.09. The van der Waals surface area contributed by atoms with Gasteiger partial charge in [-0.15, -0.1) is 0 Å². The van der Waals surface area contributed by atoms with E-state index in [0.717, 1.165) is 44.3 Å². The summed E-state index contributed by atoms with van der Waals surface area (Å²) in [5.74, 6) is 1.73. The number of benzene rings is 1. The van der Waals surface area contributed by atoms with E-state index >= 15 is 0 Å². The predicted molar refractivity (Wildman–Crippen MR) is 92.9 cm³/mol. The van der Waals surface area contributed by atoms with Gasteiger partial charge in [0.05, 0.1) is 13.4 Å². The van der Waals surface area contributed by atoms with Gasteiger partial charge in [0.15, 0.2) is 5.96 Å². The van der Waals surface area contributed by atoms with Gasteiger partial charge in [-0.3, -0.25) is 4.99 Å². The number of aliphatic imine (C=N–C) groups is 1. The molecule has 1 aromatic carbocycles. The number of nitrogens with zero attached hydrogens (tertiary/aromatic N) is 3. The monoisotopic (exact) mass is 315 g/mol. The van der Waals surface area contributed by atoms with Gasteiger partial charge in [0.25, 0.3) is 0 Å². The van der Waals surface area contributed by atoms with E-state index in [2.05, 4.69) is 39.7 Å². The highest BCUT2D eigenvalue weighted by molar-refractivity contribution is 5.79. The Morgan fingerprint density at radius 1 is 1.26 bits per heavy atom. The lowest BCUT2D eigenvalue weighted by Gasteiger charge is -2.11. The van der Waals surface area contributed by atoms with Gasteiger partial charge in [-0.1, -0.05) is 12.1 Å². The molecule has 0 spiro atoms. The van der Waals surface area contributed by atoms with Gasteiger partial charge in [-0.2, -0.15) is 0 Å². The van der Waals surface area contributed by atoms with Crippen LogP contribution in [0, 0.1) is 0 Å². The highest BCUT2D eigenvalue weighted by Crippen LogP contribution is 2.11. The van der Waals surface area contributed by atoms with E-state index in [4.69, 9.17) is 4.74 Å². The lowest BCUT2D eigenvalue weighted by Crippen LogP contribution is -2.39. The first kappa shape index (κ1) is 16.9. The summed E-state index contributed by atoms with van der Waals surface area (Å²) < 4.78 is 7.20. The fourth-order valence-corrected chi connectivity index (χ4v) is 2.15. The maximum atomic E-state index is 5.16. The van der Waals surface area contributed by atoms with E-state index in [1.54, 1.807) is 13.3 Å². The third-order valence-corrected chi connectivity index (χ3v) is 3.40. The Labute approximate surface area is 137 Å². The summed E-state index contributed by atoms with van der Waals surface area (Å²) >= 11 is 0. The number of guanidine groups is 1. The van der Waals surface area contributed by atoms with Gasteiger partial charge in [0.2, 0.25) is 0 Å². The minimum absolute atomic E-state index is 0.743. The highest BCUT2D eigenvalue weighted by atomic mass is 16.5. The standard InChI is InChI=1S/C17H25N5O/c1-3-19-17(21-11-13-22-12-10-18-14-22)20-9-8-15-4-6-16(23-2)7-5-15/h4-7,10,12,14H,3,8-9,11,13H2,1-2H3,(H2,19,20,21). The molecule has 0 unspecified atom stereocenters. The van der Waals surface area contributed by atoms with Crippen molar-refractivity contribution >= 4 is 5.96 Å². The van der Waals surface area contributed by atoms with Crippen LogP contribution in [0.2, 0.25) is 0 Å². The lowest BCUT2D eigenvalue weighted by atomic mass is 10.1. The molecule has 23 heavy (non-hydrogen) atoms. The van der Waals surface area contributed by atoms with E-state index in [-0.39, 0.29) is 0 Å². The van der Waals surface area contributed by atoms with Crippen LogP contribution in [0.4, 0.5) is 0 Å². The van der Waals surface area contributed by atoms with E-state index < -0.39 is 0 Å². The van der Waals surface area contributed by atoms with Crippen molar-refractivity contribution in [3.05, 3.63) is 48.5 Å². The molecular weight excluding hydrogens is 290 g/mol. The number of rotatable bonds is 8. The molecule has 2 aromatic rings. The summed E-state index contributed by atoms with van der Waals surface area (Å²) in [6.07, 6.45) is 6.46. The Morgan fingerprint density at radius 3 is 2.74 bits per heavy atom. The van der Waals surface area contributed by atoms with Gasteiger partial charge >= 0.3 is 0 Å². The Hall–Kier alpha value is -2.50. The second-order valence-electron chi connectivity index (χ2n) is 5.09. The number of imidazole rings is 1. The summed E-state index contributed by atoms with van der Waals surface area (Å²) in [6, 6.07) is 8.11. The molecule has 0 aliphatic carbocycles. The predicted octanol–water partition coefficient (Wildman–Crippen LogP) is 1.69. The molecule has 1 aromatic heterocycles. The van der Waals surface area contributed by atoms with Crippen molar-refractivity contribution in [1.82, 2.24) is 20.2 Å². The van der Waals surface area contributed by atoms with Crippen LogP contribution in [-0.2, 0) is 13.0 Å². The smallest absolute Gasteiger partial charge is 0.191 e. The zero-order chi connectivity index (χ0) is 16.3. The van der Waals surface area contributed by atoms with E-state index in [1.807, 2.05) is 29.2 Å². The molecule has 0 bridgehead atoms. The molecule has 6 nitrogen and oxygen atoms in total. The molecule has 0 aliphatic heterocycles. The third kappa shape index (κ3) is 6.02. The Morgan fingerprint density at radius 2 is 2.09 bits per heavy atom. The maximum absolute atomic E-state index is 5.16. The fourth-order valence-electron chi connectivity index (χ4n) is 2.15. The number of aromatic nitrogens is 2. The molecule has 0 radical (unpaired) electrons.